The predicted molar refractivity (Wildman–Crippen MR) is 172 cm³/mol. The number of hydrogen-bond acceptors (Lipinski definition) is 9. The SMILES string of the molecule is CCN1CCC(N2C=C([C@@H](Nc3cc(Cl)c4ncc(C#N)c(Nc5ccc(F)c(Cl)c5)c4c3)c3ccccc3)NN2)[C@H](O)C1. The van der Waals surface area contributed by atoms with E-state index in [1.807, 2.05) is 47.6 Å². The number of nitriles is 1. The van der Waals surface area contributed by atoms with Crippen LogP contribution in [0.5, 0.6) is 0 Å². The van der Waals surface area contributed by atoms with Crippen LogP contribution in [0.25, 0.3) is 10.9 Å². The monoisotopic (exact) mass is 632 g/mol. The Morgan fingerprint density at radius 2 is 1.93 bits per heavy atom. The Morgan fingerprint density at radius 3 is 2.66 bits per heavy atom. The van der Waals surface area contributed by atoms with Gasteiger partial charge in [0.25, 0.3) is 0 Å². The third-order valence-electron chi connectivity index (χ3n) is 8.03. The minimum Gasteiger partial charge on any atom is -0.390 e. The number of benzene rings is 3. The molecule has 2 aliphatic rings. The van der Waals surface area contributed by atoms with E-state index in [4.69, 9.17) is 23.2 Å². The average Bonchev–Trinajstić information content (AvgIpc) is 3.52. The van der Waals surface area contributed by atoms with Crippen LogP contribution in [0.3, 0.4) is 0 Å². The lowest BCUT2D eigenvalue weighted by Gasteiger charge is -2.39. The molecule has 1 fully saturated rings. The molecule has 1 saturated heterocycles. The van der Waals surface area contributed by atoms with Crippen molar-refractivity contribution in [1.82, 2.24) is 25.9 Å². The van der Waals surface area contributed by atoms with Crippen molar-refractivity contribution in [2.75, 3.05) is 30.3 Å². The van der Waals surface area contributed by atoms with Crippen LogP contribution < -0.4 is 21.6 Å². The van der Waals surface area contributed by atoms with Crippen molar-refractivity contribution in [2.45, 2.75) is 31.5 Å². The summed E-state index contributed by atoms with van der Waals surface area (Å²) in [5.41, 5.74) is 10.8. The predicted octanol–water partition coefficient (Wildman–Crippen LogP) is 6.07. The van der Waals surface area contributed by atoms with Gasteiger partial charge in [0.05, 0.1) is 50.7 Å². The number of anilines is 3. The highest BCUT2D eigenvalue weighted by molar-refractivity contribution is 6.36. The van der Waals surface area contributed by atoms with Crippen LogP contribution in [-0.2, 0) is 0 Å². The quantitative estimate of drug-likeness (QED) is 0.158. The standard InChI is InChI=1S/C32H31Cl2FN8O/c1-2-42-11-10-28(29(44)18-42)43-17-27(40-41-43)31(19-6-4-3-5-7-19)39-22-12-23-30(38-21-8-9-26(35)24(33)13-21)20(15-36)16-37-32(23)25(34)14-22/h3-9,12-14,16-17,28-29,31,39-41,44H,2,10-11,18H2,1H3,(H,37,38)/t28?,29-,31+/m1/s1. The van der Waals surface area contributed by atoms with Crippen LogP contribution in [0.2, 0.25) is 10.0 Å². The molecule has 2 aliphatic heterocycles. The summed E-state index contributed by atoms with van der Waals surface area (Å²) in [5, 5.41) is 30.5. The van der Waals surface area contributed by atoms with Crippen molar-refractivity contribution in [3.05, 3.63) is 106 Å². The van der Waals surface area contributed by atoms with Crippen LogP contribution >= 0.6 is 23.2 Å². The summed E-state index contributed by atoms with van der Waals surface area (Å²) in [6, 6.07) is 19.7. The van der Waals surface area contributed by atoms with Gasteiger partial charge in [0.15, 0.2) is 0 Å². The average molecular weight is 634 g/mol. The molecule has 3 aromatic carbocycles. The van der Waals surface area contributed by atoms with Gasteiger partial charge in [-0.15, -0.1) is 5.53 Å². The summed E-state index contributed by atoms with van der Waals surface area (Å²) in [6.45, 7) is 4.54. The first-order chi connectivity index (χ1) is 21.3. The lowest BCUT2D eigenvalue weighted by atomic mass is 10.0. The topological polar surface area (TPSA) is 112 Å². The van der Waals surface area contributed by atoms with Gasteiger partial charge in [-0.2, -0.15) is 5.26 Å². The first-order valence-electron chi connectivity index (χ1n) is 14.3. The van der Waals surface area contributed by atoms with E-state index in [0.717, 1.165) is 30.8 Å². The minimum atomic E-state index is -0.539. The Kier molecular flexibility index (Phi) is 8.75. The molecule has 1 unspecified atom stereocenters. The summed E-state index contributed by atoms with van der Waals surface area (Å²) in [4.78, 5) is 6.69. The number of likely N-dealkylation sites (tertiary alicyclic amines) is 1. The molecule has 0 saturated carbocycles. The molecule has 4 aromatic rings. The van der Waals surface area contributed by atoms with Crippen LogP contribution in [0.15, 0.2) is 78.8 Å². The van der Waals surface area contributed by atoms with Crippen molar-refractivity contribution >= 4 is 51.2 Å². The van der Waals surface area contributed by atoms with Gasteiger partial charge < -0.3 is 26.1 Å². The number of likely N-dealkylation sites (N-methyl/N-ethyl adjacent to an activating group) is 1. The largest absolute Gasteiger partial charge is 0.390 e. The highest BCUT2D eigenvalue weighted by Crippen LogP contribution is 2.37. The molecule has 9 nitrogen and oxygen atoms in total. The second-order valence-corrected chi connectivity index (χ2v) is 11.6. The maximum Gasteiger partial charge on any atom is 0.141 e. The fraction of sp³-hybridized carbons (Fsp3) is 0.250. The first-order valence-corrected chi connectivity index (χ1v) is 15.1. The van der Waals surface area contributed by atoms with E-state index in [9.17, 15) is 14.8 Å². The number of fused-ring (bicyclic) bond motifs is 1. The van der Waals surface area contributed by atoms with Crippen molar-refractivity contribution in [2.24, 2.45) is 0 Å². The molecule has 1 aromatic heterocycles. The Bertz CT molecular complexity index is 1750. The Balaban J connectivity index is 1.36. The smallest absolute Gasteiger partial charge is 0.141 e. The summed E-state index contributed by atoms with van der Waals surface area (Å²) in [7, 11) is 0. The van der Waals surface area contributed by atoms with Gasteiger partial charge in [-0.3, -0.25) is 9.99 Å². The normalized spacial score (nSPS) is 19.3. The molecule has 0 bridgehead atoms. The van der Waals surface area contributed by atoms with Crippen LogP contribution in [0, 0.1) is 17.1 Å². The molecular formula is C32H31Cl2FN8O. The Hall–Kier alpha value is -4.11. The molecular weight excluding hydrogens is 602 g/mol. The lowest BCUT2D eigenvalue weighted by Crippen LogP contribution is -2.56. The minimum absolute atomic E-state index is 0.0404. The number of aromatic nitrogens is 1. The van der Waals surface area contributed by atoms with Crippen molar-refractivity contribution in [3.8, 4) is 6.07 Å². The molecule has 6 rings (SSSR count). The highest BCUT2D eigenvalue weighted by atomic mass is 35.5. The van der Waals surface area contributed by atoms with Gasteiger partial charge in [0, 0.05) is 42.2 Å². The zero-order chi connectivity index (χ0) is 30.8. The molecule has 0 radical (unpaired) electrons. The Labute approximate surface area is 264 Å². The molecule has 226 valence electrons. The number of halogens is 3. The fourth-order valence-corrected chi connectivity index (χ4v) is 6.15. The molecule has 3 atom stereocenters. The number of nitrogens with one attached hydrogen (secondary N) is 4. The van der Waals surface area contributed by atoms with E-state index in [0.29, 0.717) is 45.1 Å². The van der Waals surface area contributed by atoms with E-state index in [-0.39, 0.29) is 17.1 Å². The molecule has 5 N–H and O–H groups in total. The second-order valence-electron chi connectivity index (χ2n) is 10.8. The van der Waals surface area contributed by atoms with E-state index in [2.05, 4.69) is 44.5 Å². The van der Waals surface area contributed by atoms with Crippen molar-refractivity contribution < 1.29 is 9.50 Å². The van der Waals surface area contributed by atoms with Gasteiger partial charge in [-0.1, -0.05) is 60.5 Å². The number of aliphatic hydroxyl groups excluding tert-OH is 1. The molecule has 0 aliphatic carbocycles. The fourth-order valence-electron chi connectivity index (χ4n) is 5.70. The lowest BCUT2D eigenvalue weighted by molar-refractivity contribution is -0.0106. The number of piperidine rings is 1. The van der Waals surface area contributed by atoms with E-state index >= 15 is 0 Å². The number of rotatable bonds is 8. The zero-order valence-corrected chi connectivity index (χ0v) is 25.4. The maximum atomic E-state index is 13.8. The summed E-state index contributed by atoms with van der Waals surface area (Å²) < 4.78 is 13.8. The van der Waals surface area contributed by atoms with Crippen molar-refractivity contribution in [3.63, 3.8) is 0 Å². The van der Waals surface area contributed by atoms with Crippen LogP contribution in [0.1, 0.15) is 30.5 Å². The Morgan fingerprint density at radius 1 is 1.14 bits per heavy atom. The number of β-amino-alcohol motifs (C(OH)–C–C–N with tert-alkyl or cyclic N) is 1. The molecule has 0 spiro atoms. The van der Waals surface area contributed by atoms with Gasteiger partial charge in [-0.25, -0.2) is 4.39 Å². The van der Waals surface area contributed by atoms with E-state index < -0.39 is 11.9 Å². The highest BCUT2D eigenvalue weighted by Gasteiger charge is 2.34. The van der Waals surface area contributed by atoms with E-state index in [1.165, 1.54) is 18.3 Å². The van der Waals surface area contributed by atoms with Gasteiger partial charge in [-0.05, 0) is 48.9 Å². The molecule has 0 amide bonds. The molecule has 3 heterocycles. The zero-order valence-electron chi connectivity index (χ0n) is 23.9. The number of aliphatic hydroxyl groups is 1. The van der Waals surface area contributed by atoms with Gasteiger partial charge in [0.2, 0.25) is 0 Å². The summed E-state index contributed by atoms with van der Waals surface area (Å²) in [5.74, 6) is -0.539. The van der Waals surface area contributed by atoms with E-state index in [1.54, 1.807) is 12.1 Å². The third-order valence-corrected chi connectivity index (χ3v) is 8.61. The molecule has 44 heavy (non-hydrogen) atoms. The summed E-state index contributed by atoms with van der Waals surface area (Å²) in [6.07, 6.45) is 3.76. The maximum absolute atomic E-state index is 13.8. The second kappa shape index (κ2) is 12.9. The number of nitrogens with zero attached hydrogens (tertiary/aromatic N) is 4. The number of pyridine rings is 1. The first kappa shape index (κ1) is 29.9. The van der Waals surface area contributed by atoms with Gasteiger partial charge >= 0.3 is 0 Å². The third kappa shape index (κ3) is 6.11. The number of hydrogen-bond donors (Lipinski definition) is 5. The molecule has 12 heteroatoms. The van der Waals surface area contributed by atoms with Crippen LogP contribution in [0.4, 0.5) is 21.5 Å². The number of hydrazine groups is 2. The summed E-state index contributed by atoms with van der Waals surface area (Å²) >= 11 is 12.8. The van der Waals surface area contributed by atoms with Gasteiger partial charge in [0.1, 0.15) is 11.9 Å². The van der Waals surface area contributed by atoms with Crippen LogP contribution in [-0.4, -0.2) is 51.8 Å². The van der Waals surface area contributed by atoms with Crippen molar-refractivity contribution in [1.29, 1.82) is 5.26 Å².